The Bertz CT molecular complexity index is 1430. The first-order valence-corrected chi connectivity index (χ1v) is 13.9. The fraction of sp³-hybridized carbons (Fsp3) is 0.323. The van der Waals surface area contributed by atoms with E-state index in [2.05, 4.69) is 16.0 Å². The first-order chi connectivity index (χ1) is 20.8. The van der Waals surface area contributed by atoms with Gasteiger partial charge in [-0.1, -0.05) is 48.5 Å². The van der Waals surface area contributed by atoms with E-state index < -0.39 is 65.5 Å². The van der Waals surface area contributed by atoms with Crippen molar-refractivity contribution in [2.75, 3.05) is 6.54 Å². The highest BCUT2D eigenvalue weighted by atomic mass is 16.3. The van der Waals surface area contributed by atoms with Crippen LogP contribution in [0.5, 0.6) is 5.75 Å². The van der Waals surface area contributed by atoms with Crippen LogP contribution in [0.3, 0.4) is 0 Å². The number of hydrogen-bond donors (Lipinski definition) is 8. The van der Waals surface area contributed by atoms with Gasteiger partial charge in [0.25, 0.3) is 0 Å². The number of aliphatic hydroxyl groups is 1. The number of hydrogen-bond acceptors (Lipinski definition) is 9. The molecular weight excluding hydrogens is 568 g/mol. The summed E-state index contributed by atoms with van der Waals surface area (Å²) in [4.78, 5) is 64.3. The first kappa shape index (κ1) is 33.5. The van der Waals surface area contributed by atoms with Crippen LogP contribution >= 0.6 is 0 Å². The molecule has 1 unspecified atom stereocenters. The Kier molecular flexibility index (Phi) is 11.4. The van der Waals surface area contributed by atoms with Crippen LogP contribution in [0, 0.1) is 5.41 Å². The number of carbonyl (C=O) groups is 5. The van der Waals surface area contributed by atoms with Crippen molar-refractivity contribution in [2.45, 2.75) is 50.4 Å². The Labute approximate surface area is 254 Å². The van der Waals surface area contributed by atoms with Gasteiger partial charge in [-0.3, -0.25) is 24.0 Å². The van der Waals surface area contributed by atoms with E-state index in [1.54, 1.807) is 36.4 Å². The van der Waals surface area contributed by atoms with Gasteiger partial charge in [0, 0.05) is 0 Å². The summed E-state index contributed by atoms with van der Waals surface area (Å²) in [6.07, 6.45) is 4.02. The van der Waals surface area contributed by atoms with Gasteiger partial charge >= 0.3 is 0 Å². The van der Waals surface area contributed by atoms with E-state index in [4.69, 9.17) is 17.2 Å². The molecule has 0 heterocycles. The average molecular weight is 607 g/mol. The maximum absolute atomic E-state index is 13.7. The van der Waals surface area contributed by atoms with Gasteiger partial charge in [-0.05, 0) is 61.6 Å². The van der Waals surface area contributed by atoms with Gasteiger partial charge in [-0.15, -0.1) is 0 Å². The van der Waals surface area contributed by atoms with E-state index >= 15 is 0 Å². The number of phenolic OH excluding ortho intramolecular Hbond substituents is 1. The third-order valence-electron chi connectivity index (χ3n) is 7.30. The standard InChI is InChI=1S/C31H38N6O7/c1-18(36-30(44)24(33)16-20-7-9-21(38)10-8-20)29(43)35-17-25(40)37-26(28(34)42)31(13-11-22(39)12-14-31)27(41)23(32)15-19-5-3-2-4-6-19/h2-13,18,23-24,26,38-39H,14-17,32-33H2,1H3,(H2,34,42)(H,35,43)(H,36,44)(H,37,40)/t18-,23+,24+,26+,31?/m1/s1. The van der Waals surface area contributed by atoms with Gasteiger partial charge in [0.2, 0.25) is 23.6 Å². The zero-order chi connectivity index (χ0) is 32.4. The maximum Gasteiger partial charge on any atom is 0.242 e. The molecule has 234 valence electrons. The largest absolute Gasteiger partial charge is 0.508 e. The lowest BCUT2D eigenvalue weighted by atomic mass is 9.68. The van der Waals surface area contributed by atoms with Gasteiger partial charge in [0.15, 0.2) is 5.78 Å². The van der Waals surface area contributed by atoms with Crippen molar-refractivity contribution in [1.82, 2.24) is 16.0 Å². The van der Waals surface area contributed by atoms with Crippen LogP contribution in [-0.2, 0) is 36.8 Å². The summed E-state index contributed by atoms with van der Waals surface area (Å²) in [6, 6.07) is 10.5. The summed E-state index contributed by atoms with van der Waals surface area (Å²) in [6.45, 7) is 0.797. The van der Waals surface area contributed by atoms with E-state index in [0.29, 0.717) is 5.56 Å². The molecule has 0 spiro atoms. The lowest BCUT2D eigenvalue weighted by Gasteiger charge is -2.38. The SMILES string of the molecule is C[C@@H](NC(=O)[C@@H](N)Cc1ccc(O)cc1)C(=O)NCC(=O)N[C@@H](C(N)=O)C1(C(=O)[C@@H](N)Cc2ccccc2)C=CC(O)=CC1. The van der Waals surface area contributed by atoms with Gasteiger partial charge in [0.05, 0.1) is 24.0 Å². The number of primary amides is 1. The van der Waals surface area contributed by atoms with Crippen LogP contribution in [0.25, 0.3) is 0 Å². The number of rotatable bonds is 14. The molecule has 13 nitrogen and oxygen atoms in total. The molecule has 44 heavy (non-hydrogen) atoms. The second kappa shape index (κ2) is 14.9. The molecular formula is C31H38N6O7. The number of carbonyl (C=O) groups excluding carboxylic acids is 5. The molecule has 0 aromatic heterocycles. The quantitative estimate of drug-likeness (QED) is 0.136. The smallest absolute Gasteiger partial charge is 0.242 e. The highest BCUT2D eigenvalue weighted by Gasteiger charge is 2.49. The third-order valence-corrected chi connectivity index (χ3v) is 7.30. The first-order valence-electron chi connectivity index (χ1n) is 13.9. The van der Waals surface area contributed by atoms with Crippen molar-refractivity contribution in [3.05, 3.63) is 89.7 Å². The number of ketones is 1. The van der Waals surface area contributed by atoms with Crippen molar-refractivity contribution >= 4 is 29.4 Å². The topological polar surface area (TPSA) is 240 Å². The van der Waals surface area contributed by atoms with Crippen LogP contribution in [-0.4, -0.2) is 70.3 Å². The Morgan fingerprint density at radius 2 is 1.48 bits per heavy atom. The number of benzene rings is 2. The van der Waals surface area contributed by atoms with Gasteiger partial charge in [0.1, 0.15) is 23.6 Å². The highest BCUT2D eigenvalue weighted by molar-refractivity contribution is 6.00. The fourth-order valence-corrected chi connectivity index (χ4v) is 4.84. The molecule has 3 rings (SSSR count). The average Bonchev–Trinajstić information content (AvgIpc) is 3.00. The summed E-state index contributed by atoms with van der Waals surface area (Å²) < 4.78 is 0. The van der Waals surface area contributed by atoms with Crippen LogP contribution in [0.1, 0.15) is 24.5 Å². The normalized spacial score (nSPS) is 18.6. The summed E-state index contributed by atoms with van der Waals surface area (Å²) in [5.41, 5.74) is 17.7. The molecule has 0 saturated carbocycles. The molecule has 0 bridgehead atoms. The molecule has 0 fully saturated rings. The molecule has 13 heteroatoms. The Balaban J connectivity index is 1.62. The second-order valence-corrected chi connectivity index (χ2v) is 10.7. The molecule has 0 aliphatic heterocycles. The monoisotopic (exact) mass is 606 g/mol. The number of nitrogens with one attached hydrogen (secondary N) is 3. The molecule has 11 N–H and O–H groups in total. The molecule has 2 aromatic rings. The van der Waals surface area contributed by atoms with Crippen molar-refractivity contribution in [3.63, 3.8) is 0 Å². The van der Waals surface area contributed by atoms with E-state index in [1.165, 1.54) is 37.3 Å². The van der Waals surface area contributed by atoms with Crippen molar-refractivity contribution in [3.8, 4) is 5.75 Å². The minimum absolute atomic E-state index is 0.0722. The zero-order valence-electron chi connectivity index (χ0n) is 24.2. The number of phenols is 1. The molecule has 1 aliphatic rings. The molecule has 1 aliphatic carbocycles. The summed E-state index contributed by atoms with van der Waals surface area (Å²) >= 11 is 0. The number of aromatic hydroxyl groups is 1. The van der Waals surface area contributed by atoms with E-state index in [-0.39, 0.29) is 30.8 Å². The van der Waals surface area contributed by atoms with Crippen LogP contribution in [0.2, 0.25) is 0 Å². The number of Topliss-reactive ketones (excluding diaryl/α,β-unsaturated/α-hetero) is 1. The highest BCUT2D eigenvalue weighted by Crippen LogP contribution is 2.36. The van der Waals surface area contributed by atoms with Crippen molar-refractivity contribution in [1.29, 1.82) is 0 Å². The number of nitrogens with two attached hydrogens (primary N) is 3. The third kappa shape index (κ3) is 8.75. The van der Waals surface area contributed by atoms with Crippen LogP contribution in [0.15, 0.2) is 78.6 Å². The Morgan fingerprint density at radius 3 is 2.07 bits per heavy atom. The molecule has 5 atom stereocenters. The minimum atomic E-state index is -1.69. The van der Waals surface area contributed by atoms with E-state index in [9.17, 15) is 34.2 Å². The Hall–Kier alpha value is -5.01. The Morgan fingerprint density at radius 1 is 0.864 bits per heavy atom. The molecule has 4 amide bonds. The van der Waals surface area contributed by atoms with E-state index in [1.807, 2.05) is 6.07 Å². The van der Waals surface area contributed by atoms with Gasteiger partial charge in [-0.2, -0.15) is 0 Å². The maximum atomic E-state index is 13.7. The predicted octanol–water partition coefficient (Wildman–Crippen LogP) is -0.620. The fourth-order valence-electron chi connectivity index (χ4n) is 4.84. The summed E-state index contributed by atoms with van der Waals surface area (Å²) in [5.74, 6) is -3.80. The van der Waals surface area contributed by atoms with Gasteiger partial charge in [-0.25, -0.2) is 0 Å². The number of amides is 4. The number of allylic oxidation sites excluding steroid dienone is 2. The second-order valence-electron chi connectivity index (χ2n) is 10.7. The van der Waals surface area contributed by atoms with Crippen molar-refractivity contribution in [2.24, 2.45) is 22.6 Å². The number of aliphatic hydroxyl groups excluding tert-OH is 1. The van der Waals surface area contributed by atoms with E-state index in [0.717, 1.165) is 5.56 Å². The van der Waals surface area contributed by atoms with Crippen molar-refractivity contribution < 1.29 is 34.2 Å². The molecule has 0 saturated heterocycles. The summed E-state index contributed by atoms with van der Waals surface area (Å²) in [7, 11) is 0. The molecule has 2 aromatic carbocycles. The summed E-state index contributed by atoms with van der Waals surface area (Å²) in [5, 5.41) is 26.6. The predicted molar refractivity (Wildman–Crippen MR) is 162 cm³/mol. The van der Waals surface area contributed by atoms with Gasteiger partial charge < -0.3 is 43.4 Å². The van der Waals surface area contributed by atoms with Crippen LogP contribution in [0.4, 0.5) is 0 Å². The zero-order valence-corrected chi connectivity index (χ0v) is 24.2. The lowest BCUT2D eigenvalue weighted by molar-refractivity contribution is -0.137. The molecule has 0 radical (unpaired) electrons. The van der Waals surface area contributed by atoms with Crippen LogP contribution < -0.4 is 33.2 Å². The lowest BCUT2D eigenvalue weighted by Crippen LogP contribution is -2.62. The minimum Gasteiger partial charge on any atom is -0.508 e.